The Bertz CT molecular complexity index is 1430. The Balaban J connectivity index is 2.19. The number of hydrogen-bond acceptors (Lipinski definition) is 8. The number of benzene rings is 2. The van der Waals surface area contributed by atoms with E-state index in [0.717, 1.165) is 28.4 Å². The molecule has 2 aromatic carbocycles. The molecule has 0 aliphatic heterocycles. The van der Waals surface area contributed by atoms with Gasteiger partial charge in [-0.15, -0.1) is 11.3 Å². The highest BCUT2D eigenvalue weighted by atomic mass is 32.1. The highest BCUT2D eigenvalue weighted by Gasteiger charge is 2.33. The van der Waals surface area contributed by atoms with Crippen LogP contribution in [-0.4, -0.2) is 56.0 Å². The van der Waals surface area contributed by atoms with E-state index in [1.165, 1.54) is 6.07 Å². The minimum Gasteiger partial charge on any atom is -0.462 e. The number of thiophene rings is 1. The molecule has 0 spiro atoms. The Morgan fingerprint density at radius 2 is 1.49 bits per heavy atom. The highest BCUT2D eigenvalue weighted by molar-refractivity contribution is 7.20. The normalized spacial score (nSPS) is 11.3. The molecule has 2 amide bonds. The maximum Gasteiger partial charge on any atom is 0.415 e. The quantitative estimate of drug-likeness (QED) is 0.187. The fraction of sp³-hybridized carbons (Fsp3) is 0.387. The molecule has 1 N–H and O–H groups in total. The maximum absolute atomic E-state index is 14.7. The van der Waals surface area contributed by atoms with E-state index >= 15 is 0 Å². The van der Waals surface area contributed by atoms with Gasteiger partial charge in [-0.1, -0.05) is 18.2 Å². The van der Waals surface area contributed by atoms with Crippen LogP contribution in [0.2, 0.25) is 0 Å². The summed E-state index contributed by atoms with van der Waals surface area (Å²) in [7, 11) is 3.64. The van der Waals surface area contributed by atoms with Crippen molar-refractivity contribution in [1.29, 1.82) is 0 Å². The topological polar surface area (TPSA) is 97.4 Å². The molecule has 3 rings (SSSR count). The molecule has 3 aromatic rings. The minimum absolute atomic E-state index is 0.00127. The number of carbonyl (C=O) groups excluding carboxylic acids is 3. The summed E-state index contributed by atoms with van der Waals surface area (Å²) < 4.78 is 45.5. The molecule has 9 nitrogen and oxygen atoms in total. The van der Waals surface area contributed by atoms with Crippen molar-refractivity contribution in [3.8, 4) is 10.4 Å². The van der Waals surface area contributed by atoms with Crippen LogP contribution in [0.4, 0.5) is 29.1 Å². The summed E-state index contributed by atoms with van der Waals surface area (Å²) in [6.07, 6.45) is -1.49. The number of amides is 2. The first kappa shape index (κ1) is 33.5. The molecule has 0 saturated heterocycles. The number of hydrogen-bond donors (Lipinski definition) is 1. The lowest BCUT2D eigenvalue weighted by atomic mass is 10.0. The van der Waals surface area contributed by atoms with E-state index in [-0.39, 0.29) is 35.9 Å². The van der Waals surface area contributed by atoms with Crippen LogP contribution in [0.5, 0.6) is 0 Å². The van der Waals surface area contributed by atoms with Gasteiger partial charge >= 0.3 is 18.2 Å². The Kier molecular flexibility index (Phi) is 11.2. The molecule has 43 heavy (non-hydrogen) atoms. The van der Waals surface area contributed by atoms with Crippen LogP contribution in [0.3, 0.4) is 0 Å². The third-order valence-corrected chi connectivity index (χ3v) is 7.15. The molecule has 0 fully saturated rings. The molecular formula is C31H37F2N3O6S. The molecule has 0 saturated carbocycles. The van der Waals surface area contributed by atoms with Crippen molar-refractivity contribution >= 4 is 40.2 Å². The van der Waals surface area contributed by atoms with E-state index < -0.39 is 41.9 Å². The fourth-order valence-electron chi connectivity index (χ4n) is 4.14. The van der Waals surface area contributed by atoms with Crippen molar-refractivity contribution in [2.24, 2.45) is 0 Å². The van der Waals surface area contributed by atoms with Crippen molar-refractivity contribution in [2.75, 3.05) is 37.5 Å². The molecule has 0 radical (unpaired) electrons. The van der Waals surface area contributed by atoms with Crippen LogP contribution >= 0.6 is 11.3 Å². The van der Waals surface area contributed by atoms with Crippen LogP contribution in [0.25, 0.3) is 10.4 Å². The van der Waals surface area contributed by atoms with Gasteiger partial charge in [0, 0.05) is 28.2 Å². The van der Waals surface area contributed by atoms with Crippen LogP contribution in [0.15, 0.2) is 42.5 Å². The summed E-state index contributed by atoms with van der Waals surface area (Å²) in [6, 6.07) is 10.3. The molecular weight excluding hydrogens is 580 g/mol. The van der Waals surface area contributed by atoms with E-state index in [1.807, 2.05) is 19.0 Å². The first-order valence-electron chi connectivity index (χ1n) is 13.7. The molecule has 0 bridgehead atoms. The Hall–Kier alpha value is -4.03. The molecule has 232 valence electrons. The van der Waals surface area contributed by atoms with Gasteiger partial charge < -0.3 is 19.1 Å². The molecule has 1 aromatic heterocycles. The summed E-state index contributed by atoms with van der Waals surface area (Å²) in [4.78, 5) is 42.5. The summed E-state index contributed by atoms with van der Waals surface area (Å²) in [6.45, 7) is 8.37. The summed E-state index contributed by atoms with van der Waals surface area (Å²) in [5.74, 6) is -2.38. The third kappa shape index (κ3) is 8.74. The van der Waals surface area contributed by atoms with Crippen molar-refractivity contribution in [1.82, 2.24) is 4.90 Å². The predicted molar refractivity (Wildman–Crippen MR) is 163 cm³/mol. The van der Waals surface area contributed by atoms with E-state index in [2.05, 4.69) is 5.32 Å². The van der Waals surface area contributed by atoms with E-state index in [9.17, 15) is 23.2 Å². The first-order chi connectivity index (χ1) is 20.2. The minimum atomic E-state index is -0.878. The number of nitrogens with zero attached hydrogens (tertiary/aromatic N) is 2. The molecule has 12 heteroatoms. The van der Waals surface area contributed by atoms with Crippen LogP contribution in [-0.2, 0) is 27.3 Å². The van der Waals surface area contributed by atoms with Crippen LogP contribution < -0.4 is 10.2 Å². The summed E-state index contributed by atoms with van der Waals surface area (Å²) in [5.41, 5.74) is 0.785. The van der Waals surface area contributed by atoms with Gasteiger partial charge in [0.05, 0.1) is 25.3 Å². The van der Waals surface area contributed by atoms with Crippen LogP contribution in [0.1, 0.15) is 56.1 Å². The molecule has 1 heterocycles. The molecule has 0 unspecified atom stereocenters. The largest absolute Gasteiger partial charge is 0.462 e. The van der Waals surface area contributed by atoms with E-state index in [1.54, 1.807) is 58.9 Å². The summed E-state index contributed by atoms with van der Waals surface area (Å²) >= 11 is 1.10. The number of anilines is 2. The van der Waals surface area contributed by atoms with Crippen molar-refractivity contribution in [3.63, 3.8) is 0 Å². The second-order valence-electron chi connectivity index (χ2n) is 10.7. The lowest BCUT2D eigenvalue weighted by Gasteiger charge is -2.22. The lowest BCUT2D eigenvalue weighted by molar-refractivity contribution is 0.0525. The van der Waals surface area contributed by atoms with Gasteiger partial charge in [0.25, 0.3) is 0 Å². The zero-order valence-corrected chi connectivity index (χ0v) is 26.2. The summed E-state index contributed by atoms with van der Waals surface area (Å²) in [5, 5.41) is 2.81. The van der Waals surface area contributed by atoms with Gasteiger partial charge in [0.2, 0.25) is 0 Å². The van der Waals surface area contributed by atoms with Crippen molar-refractivity contribution in [3.05, 3.63) is 70.8 Å². The number of rotatable bonds is 10. The second kappa shape index (κ2) is 14.4. The third-order valence-electron chi connectivity index (χ3n) is 5.85. The monoisotopic (exact) mass is 617 g/mol. The average Bonchev–Trinajstić information content (AvgIpc) is 3.26. The van der Waals surface area contributed by atoms with Crippen molar-refractivity contribution in [2.45, 2.75) is 53.3 Å². The Morgan fingerprint density at radius 1 is 0.884 bits per heavy atom. The molecule has 0 aliphatic rings. The number of esters is 1. The zero-order chi connectivity index (χ0) is 31.9. The van der Waals surface area contributed by atoms with E-state index in [4.69, 9.17) is 14.2 Å². The van der Waals surface area contributed by atoms with E-state index in [0.29, 0.717) is 21.7 Å². The van der Waals surface area contributed by atoms with Gasteiger partial charge in [-0.25, -0.2) is 23.2 Å². The highest BCUT2D eigenvalue weighted by Crippen LogP contribution is 2.44. The van der Waals surface area contributed by atoms with Gasteiger partial charge in [-0.05, 0) is 78.5 Å². The zero-order valence-electron chi connectivity index (χ0n) is 25.4. The van der Waals surface area contributed by atoms with Gasteiger partial charge in [-0.2, -0.15) is 0 Å². The second-order valence-corrected chi connectivity index (χ2v) is 11.7. The lowest BCUT2D eigenvalue weighted by Crippen LogP contribution is -2.32. The number of halogens is 2. The fourth-order valence-corrected chi connectivity index (χ4v) is 5.44. The Labute approximate surface area is 254 Å². The molecule has 0 atom stereocenters. The number of nitrogens with one attached hydrogen (secondary N) is 1. The van der Waals surface area contributed by atoms with Gasteiger partial charge in [0.1, 0.15) is 22.2 Å². The first-order valence-corrected chi connectivity index (χ1v) is 14.5. The molecule has 0 aliphatic carbocycles. The SMILES string of the molecule is CCOC(=O)c1c(N(Cc2c(F)cccc2F)C(=O)OCC)sc(-c2ccc(NC(=O)OC(C)(C)C)cc2)c1CN(C)C. The predicted octanol–water partition coefficient (Wildman–Crippen LogP) is 7.44. The van der Waals surface area contributed by atoms with Crippen LogP contribution in [0, 0.1) is 11.6 Å². The van der Waals surface area contributed by atoms with Gasteiger partial charge in [0.15, 0.2) is 0 Å². The standard InChI is InChI=1S/C31H37F2N3O6S/c1-8-40-28(37)25-22(17-35(6)7)26(19-13-15-20(16-14-19)34-29(38)42-31(3,4)5)43-27(25)36(30(39)41-9-2)18-21-23(32)11-10-12-24(21)33/h10-16H,8-9,17-18H2,1-7H3,(H,34,38). The average molecular weight is 618 g/mol. The maximum atomic E-state index is 14.7. The number of carbonyl (C=O) groups is 3. The Morgan fingerprint density at radius 3 is 2.02 bits per heavy atom. The van der Waals surface area contributed by atoms with Crippen molar-refractivity contribution < 1.29 is 37.4 Å². The number of ether oxygens (including phenoxy) is 3. The van der Waals surface area contributed by atoms with Gasteiger partial charge in [-0.3, -0.25) is 10.2 Å². The smallest absolute Gasteiger partial charge is 0.415 e.